The van der Waals surface area contributed by atoms with Crippen molar-refractivity contribution >= 4 is 44.8 Å². The molecule has 160 valence electrons. The van der Waals surface area contributed by atoms with E-state index >= 15 is 0 Å². The van der Waals surface area contributed by atoms with Crippen LogP contribution in [0.5, 0.6) is 11.6 Å². The molecule has 0 aliphatic carbocycles. The lowest BCUT2D eigenvalue weighted by Crippen LogP contribution is -2.24. The Morgan fingerprint density at radius 2 is 1.77 bits per heavy atom. The van der Waals surface area contributed by atoms with E-state index in [1.165, 1.54) is 24.5 Å². The maximum atomic E-state index is 12.7. The highest BCUT2D eigenvalue weighted by molar-refractivity contribution is 7.89. The van der Waals surface area contributed by atoms with E-state index < -0.39 is 10.0 Å². The van der Waals surface area contributed by atoms with Gasteiger partial charge in [0.05, 0.1) is 4.90 Å². The van der Waals surface area contributed by atoms with Gasteiger partial charge in [0.15, 0.2) is 5.15 Å². The van der Waals surface area contributed by atoms with Crippen molar-refractivity contribution in [1.29, 1.82) is 0 Å². The molecule has 0 bridgehead atoms. The molecule has 0 radical (unpaired) electrons. The molecule has 0 saturated carbocycles. The molecule has 11 heteroatoms. The molecule has 1 saturated heterocycles. The second-order valence-electron chi connectivity index (χ2n) is 6.88. The largest absolute Gasteiger partial charge is 0.436 e. The van der Waals surface area contributed by atoms with Gasteiger partial charge in [-0.25, -0.2) is 23.5 Å². The molecule has 2 N–H and O–H groups in total. The van der Waals surface area contributed by atoms with Gasteiger partial charge in [0.1, 0.15) is 5.75 Å². The number of rotatable bonds is 5. The maximum absolute atomic E-state index is 12.7. The molecule has 3 aromatic rings. The molecule has 1 aliphatic heterocycles. The maximum Gasteiger partial charge on any atom is 0.257 e. The lowest BCUT2D eigenvalue weighted by atomic mass is 9.97. The number of carbonyl (C=O) groups excluding carboxylic acids is 1. The summed E-state index contributed by atoms with van der Waals surface area (Å²) in [6, 6.07) is 11.0. The Kier molecular flexibility index (Phi) is 5.85. The highest BCUT2D eigenvalue weighted by atomic mass is 35.5. The minimum atomic E-state index is -3.81. The zero-order valence-corrected chi connectivity index (χ0v) is 18.2. The van der Waals surface area contributed by atoms with Gasteiger partial charge in [-0.3, -0.25) is 4.79 Å². The summed E-state index contributed by atoms with van der Waals surface area (Å²) >= 11 is 12.2. The van der Waals surface area contributed by atoms with Gasteiger partial charge in [0.25, 0.3) is 5.88 Å². The van der Waals surface area contributed by atoms with Gasteiger partial charge in [-0.05, 0) is 36.4 Å². The first-order chi connectivity index (χ1) is 14.7. The van der Waals surface area contributed by atoms with Crippen LogP contribution in [0.3, 0.4) is 0 Å². The molecule has 2 heterocycles. The average molecular weight is 479 g/mol. The summed E-state index contributed by atoms with van der Waals surface area (Å²) in [6.45, 7) is 0.375. The summed E-state index contributed by atoms with van der Waals surface area (Å²) < 4.78 is 28.8. The van der Waals surface area contributed by atoms with E-state index in [-0.39, 0.29) is 34.2 Å². The molecular formula is C20H16Cl2N4O4S. The molecule has 1 aromatic heterocycles. The van der Waals surface area contributed by atoms with Gasteiger partial charge in [-0.15, -0.1) is 0 Å². The average Bonchev–Trinajstić information content (AvgIpc) is 3.11. The van der Waals surface area contributed by atoms with E-state index in [9.17, 15) is 13.2 Å². The summed E-state index contributed by atoms with van der Waals surface area (Å²) in [5.41, 5.74) is 1.34. The van der Waals surface area contributed by atoms with Crippen LogP contribution < -0.4 is 14.8 Å². The van der Waals surface area contributed by atoms with Crippen molar-refractivity contribution in [3.8, 4) is 11.6 Å². The summed E-state index contributed by atoms with van der Waals surface area (Å²) in [5, 5.41) is 5.70. The van der Waals surface area contributed by atoms with Gasteiger partial charge in [-0.1, -0.05) is 29.3 Å². The predicted octanol–water partition coefficient (Wildman–Crippen LogP) is 3.74. The van der Waals surface area contributed by atoms with Crippen LogP contribution in [-0.4, -0.2) is 30.8 Å². The van der Waals surface area contributed by atoms with Crippen LogP contribution in [0.15, 0.2) is 59.8 Å². The van der Waals surface area contributed by atoms with Gasteiger partial charge in [0.2, 0.25) is 15.9 Å². The van der Waals surface area contributed by atoms with Crippen LogP contribution in [0.1, 0.15) is 17.9 Å². The number of nitrogens with two attached hydrogens (primary N) is 1. The fourth-order valence-corrected chi connectivity index (χ4v) is 4.22. The zero-order valence-electron chi connectivity index (χ0n) is 15.9. The van der Waals surface area contributed by atoms with Crippen LogP contribution in [0.2, 0.25) is 10.2 Å². The minimum absolute atomic E-state index is 0.0197. The smallest absolute Gasteiger partial charge is 0.257 e. The normalized spacial score (nSPS) is 16.5. The van der Waals surface area contributed by atoms with Crippen molar-refractivity contribution in [3.63, 3.8) is 0 Å². The number of benzene rings is 2. The van der Waals surface area contributed by atoms with E-state index in [1.54, 1.807) is 35.2 Å². The Morgan fingerprint density at radius 1 is 1.06 bits per heavy atom. The Hall–Kier alpha value is -2.72. The molecule has 31 heavy (non-hydrogen) atoms. The van der Waals surface area contributed by atoms with E-state index in [0.29, 0.717) is 23.0 Å². The molecule has 0 unspecified atom stereocenters. The predicted molar refractivity (Wildman–Crippen MR) is 116 cm³/mol. The van der Waals surface area contributed by atoms with Crippen LogP contribution >= 0.6 is 23.2 Å². The molecule has 1 fully saturated rings. The summed E-state index contributed by atoms with van der Waals surface area (Å²) in [7, 11) is -3.81. The van der Waals surface area contributed by atoms with Crippen molar-refractivity contribution in [1.82, 2.24) is 9.97 Å². The van der Waals surface area contributed by atoms with Crippen LogP contribution in [-0.2, 0) is 14.8 Å². The fraction of sp³-hybridized carbons (Fsp3) is 0.150. The number of amides is 1. The first-order valence-electron chi connectivity index (χ1n) is 9.09. The molecular weight excluding hydrogens is 463 g/mol. The van der Waals surface area contributed by atoms with Gasteiger partial charge in [0, 0.05) is 47.6 Å². The molecule has 1 amide bonds. The van der Waals surface area contributed by atoms with Crippen molar-refractivity contribution < 1.29 is 17.9 Å². The van der Waals surface area contributed by atoms with Gasteiger partial charge >= 0.3 is 0 Å². The standard InChI is InChI=1S/C20H16Cl2N4O4S/c21-13-1-6-16(17(10-13)30-20-19(22)24-7-8-25-20)12-9-18(27)26(11-12)14-2-4-15(5-3-14)31(23,28)29/h1-8,10,12H,9,11H2,(H2,23,28,29)/t12-/m0/s1. The number of nitrogens with zero attached hydrogens (tertiary/aromatic N) is 3. The second-order valence-corrected chi connectivity index (χ2v) is 9.24. The van der Waals surface area contributed by atoms with Crippen LogP contribution in [0, 0.1) is 0 Å². The summed E-state index contributed by atoms with van der Waals surface area (Å²) in [6.07, 6.45) is 3.14. The SMILES string of the molecule is NS(=O)(=O)c1ccc(N2C[C@@H](c3ccc(Cl)cc3Oc3nccnc3Cl)CC2=O)cc1. The second kappa shape index (κ2) is 8.43. The Balaban J connectivity index is 1.61. The van der Waals surface area contributed by atoms with E-state index in [0.717, 1.165) is 5.56 Å². The first kappa shape index (κ1) is 21.5. The van der Waals surface area contributed by atoms with E-state index in [2.05, 4.69) is 9.97 Å². The summed E-state index contributed by atoms with van der Waals surface area (Å²) in [4.78, 5) is 22.3. The van der Waals surface area contributed by atoms with Crippen molar-refractivity contribution in [2.45, 2.75) is 17.2 Å². The number of hydrogen-bond acceptors (Lipinski definition) is 6. The topological polar surface area (TPSA) is 115 Å². The molecule has 4 rings (SSSR count). The monoisotopic (exact) mass is 478 g/mol. The zero-order chi connectivity index (χ0) is 22.2. The molecule has 1 aliphatic rings. The van der Waals surface area contributed by atoms with Crippen LogP contribution in [0.25, 0.3) is 0 Å². The lowest BCUT2D eigenvalue weighted by molar-refractivity contribution is -0.117. The third kappa shape index (κ3) is 4.64. The Labute approximate surface area is 188 Å². The Bertz CT molecular complexity index is 1250. The minimum Gasteiger partial charge on any atom is -0.436 e. The fourth-order valence-electron chi connectivity index (χ4n) is 3.40. The summed E-state index contributed by atoms with van der Waals surface area (Å²) in [5.74, 6) is 0.270. The third-order valence-electron chi connectivity index (χ3n) is 4.85. The molecule has 8 nitrogen and oxygen atoms in total. The van der Waals surface area contributed by atoms with Gasteiger partial charge < -0.3 is 9.64 Å². The third-order valence-corrected chi connectivity index (χ3v) is 6.27. The first-order valence-corrected chi connectivity index (χ1v) is 11.4. The quantitative estimate of drug-likeness (QED) is 0.596. The number of halogens is 2. The number of hydrogen-bond donors (Lipinski definition) is 1. The molecule has 0 spiro atoms. The van der Waals surface area contributed by atoms with E-state index in [1.807, 2.05) is 0 Å². The number of carbonyl (C=O) groups is 1. The number of primary sulfonamides is 1. The Morgan fingerprint density at radius 3 is 2.45 bits per heavy atom. The lowest BCUT2D eigenvalue weighted by Gasteiger charge is -2.19. The number of anilines is 1. The number of aromatic nitrogens is 2. The highest BCUT2D eigenvalue weighted by Crippen LogP contribution is 2.39. The molecule has 1 atom stereocenters. The van der Waals surface area contributed by atoms with Crippen LogP contribution in [0.4, 0.5) is 5.69 Å². The van der Waals surface area contributed by atoms with Crippen molar-refractivity contribution in [2.75, 3.05) is 11.4 Å². The van der Waals surface area contributed by atoms with Gasteiger partial charge in [-0.2, -0.15) is 0 Å². The number of sulfonamides is 1. The van der Waals surface area contributed by atoms with Crippen molar-refractivity contribution in [3.05, 3.63) is 70.6 Å². The van der Waals surface area contributed by atoms with E-state index in [4.69, 9.17) is 33.1 Å². The highest BCUT2D eigenvalue weighted by Gasteiger charge is 2.33. The van der Waals surface area contributed by atoms with Crippen molar-refractivity contribution in [2.24, 2.45) is 5.14 Å². The molecule has 2 aromatic carbocycles. The number of ether oxygens (including phenoxy) is 1.